The van der Waals surface area contributed by atoms with Crippen LogP contribution < -0.4 is 5.32 Å². The fourth-order valence-corrected chi connectivity index (χ4v) is 2.12. The van der Waals surface area contributed by atoms with Gasteiger partial charge >= 0.3 is 0 Å². The van der Waals surface area contributed by atoms with Gasteiger partial charge in [0.1, 0.15) is 11.3 Å². The smallest absolute Gasteiger partial charge is 0.286 e. The first-order valence-corrected chi connectivity index (χ1v) is 6.62. The van der Waals surface area contributed by atoms with Crippen LogP contribution in [0, 0.1) is 0 Å². The molecule has 0 aliphatic carbocycles. The van der Waals surface area contributed by atoms with Crippen LogP contribution in [0.4, 0.5) is 0 Å². The van der Waals surface area contributed by atoms with Gasteiger partial charge in [0, 0.05) is 18.4 Å². The van der Waals surface area contributed by atoms with Gasteiger partial charge in [0.05, 0.1) is 6.26 Å². The molecular weight excluding hydrogens is 254 g/mol. The van der Waals surface area contributed by atoms with E-state index in [9.17, 15) is 4.79 Å². The fraction of sp³-hybridized carbons (Fsp3) is 0.188. The largest absolute Gasteiger partial charge is 0.461 e. The molecule has 0 radical (unpaired) electrons. The molecule has 2 heterocycles. The monoisotopic (exact) mass is 269 g/mol. The highest BCUT2D eigenvalue weighted by Crippen LogP contribution is 2.19. The zero-order valence-electron chi connectivity index (χ0n) is 11.0. The van der Waals surface area contributed by atoms with E-state index in [4.69, 9.17) is 8.83 Å². The summed E-state index contributed by atoms with van der Waals surface area (Å²) in [5.74, 6) is 1.10. The minimum absolute atomic E-state index is 0.181. The SMILES string of the molecule is O=C(NCCCc1cc2ccccc2o1)c1ccco1. The molecule has 0 unspecified atom stereocenters. The van der Waals surface area contributed by atoms with Crippen molar-refractivity contribution in [2.75, 3.05) is 6.54 Å². The number of amides is 1. The zero-order chi connectivity index (χ0) is 13.8. The van der Waals surface area contributed by atoms with Crippen LogP contribution in [0.3, 0.4) is 0 Å². The van der Waals surface area contributed by atoms with E-state index < -0.39 is 0 Å². The molecule has 4 heteroatoms. The molecule has 0 aliphatic heterocycles. The van der Waals surface area contributed by atoms with Gasteiger partial charge in [0.2, 0.25) is 0 Å². The van der Waals surface area contributed by atoms with E-state index in [0.29, 0.717) is 12.3 Å². The molecule has 102 valence electrons. The lowest BCUT2D eigenvalue weighted by molar-refractivity contribution is 0.0925. The first kappa shape index (κ1) is 12.5. The Labute approximate surface area is 116 Å². The maximum absolute atomic E-state index is 11.6. The summed E-state index contributed by atoms with van der Waals surface area (Å²) in [6, 6.07) is 13.3. The highest BCUT2D eigenvalue weighted by atomic mass is 16.3. The van der Waals surface area contributed by atoms with Gasteiger partial charge in [-0.05, 0) is 30.7 Å². The minimum atomic E-state index is -0.181. The third kappa shape index (κ3) is 2.74. The number of rotatable bonds is 5. The van der Waals surface area contributed by atoms with Crippen LogP contribution in [-0.4, -0.2) is 12.5 Å². The number of fused-ring (bicyclic) bond motifs is 1. The third-order valence-corrected chi connectivity index (χ3v) is 3.11. The van der Waals surface area contributed by atoms with Crippen LogP contribution in [0.15, 0.2) is 57.6 Å². The van der Waals surface area contributed by atoms with Crippen molar-refractivity contribution in [1.29, 1.82) is 0 Å². The molecule has 3 rings (SSSR count). The maximum Gasteiger partial charge on any atom is 0.286 e. The Kier molecular flexibility index (Phi) is 3.54. The molecule has 4 nitrogen and oxygen atoms in total. The van der Waals surface area contributed by atoms with E-state index >= 15 is 0 Å². The van der Waals surface area contributed by atoms with Crippen LogP contribution >= 0.6 is 0 Å². The first-order chi connectivity index (χ1) is 9.83. The number of carbonyl (C=O) groups excluding carboxylic acids is 1. The van der Waals surface area contributed by atoms with Crippen molar-refractivity contribution in [3.63, 3.8) is 0 Å². The molecule has 20 heavy (non-hydrogen) atoms. The molecule has 0 saturated carbocycles. The number of furan rings is 2. The van der Waals surface area contributed by atoms with E-state index in [0.717, 1.165) is 29.6 Å². The topological polar surface area (TPSA) is 55.4 Å². The zero-order valence-corrected chi connectivity index (χ0v) is 11.0. The molecule has 1 amide bonds. The summed E-state index contributed by atoms with van der Waals surface area (Å²) in [7, 11) is 0. The van der Waals surface area contributed by atoms with Gasteiger partial charge in [-0.3, -0.25) is 4.79 Å². The third-order valence-electron chi connectivity index (χ3n) is 3.11. The van der Waals surface area contributed by atoms with Gasteiger partial charge < -0.3 is 14.2 Å². The Morgan fingerprint density at radius 1 is 1.15 bits per heavy atom. The summed E-state index contributed by atoms with van der Waals surface area (Å²) in [6.45, 7) is 0.594. The summed E-state index contributed by atoms with van der Waals surface area (Å²) in [5.41, 5.74) is 0.905. The molecule has 1 aromatic carbocycles. The lowest BCUT2D eigenvalue weighted by Crippen LogP contribution is -2.24. The van der Waals surface area contributed by atoms with Crippen LogP contribution in [0.5, 0.6) is 0 Å². The molecule has 0 atom stereocenters. The lowest BCUT2D eigenvalue weighted by Gasteiger charge is -2.01. The van der Waals surface area contributed by atoms with E-state index in [2.05, 4.69) is 5.32 Å². The molecule has 0 fully saturated rings. The predicted octanol–water partition coefficient (Wildman–Crippen LogP) is 3.39. The van der Waals surface area contributed by atoms with Crippen molar-refractivity contribution in [3.8, 4) is 0 Å². The van der Waals surface area contributed by atoms with Crippen LogP contribution in [0.2, 0.25) is 0 Å². The van der Waals surface area contributed by atoms with Gasteiger partial charge in [-0.2, -0.15) is 0 Å². The lowest BCUT2D eigenvalue weighted by atomic mass is 10.2. The number of hydrogen-bond acceptors (Lipinski definition) is 3. The summed E-state index contributed by atoms with van der Waals surface area (Å²) in [4.78, 5) is 11.6. The van der Waals surface area contributed by atoms with Crippen LogP contribution in [-0.2, 0) is 6.42 Å². The van der Waals surface area contributed by atoms with Crippen molar-refractivity contribution in [1.82, 2.24) is 5.32 Å². The van der Waals surface area contributed by atoms with Crippen molar-refractivity contribution >= 4 is 16.9 Å². The molecule has 0 aliphatic rings. The Morgan fingerprint density at radius 2 is 2.05 bits per heavy atom. The van der Waals surface area contributed by atoms with Gasteiger partial charge in [-0.25, -0.2) is 0 Å². The summed E-state index contributed by atoms with van der Waals surface area (Å²) >= 11 is 0. The average molecular weight is 269 g/mol. The molecule has 2 aromatic heterocycles. The molecule has 3 aromatic rings. The Morgan fingerprint density at radius 3 is 2.85 bits per heavy atom. The van der Waals surface area contributed by atoms with Crippen LogP contribution in [0.25, 0.3) is 11.0 Å². The van der Waals surface area contributed by atoms with E-state index in [1.165, 1.54) is 6.26 Å². The van der Waals surface area contributed by atoms with Crippen molar-refractivity contribution in [2.24, 2.45) is 0 Å². The molecular formula is C16H15NO3. The van der Waals surface area contributed by atoms with Gasteiger partial charge in [0.15, 0.2) is 5.76 Å². The number of benzene rings is 1. The summed E-state index contributed by atoms with van der Waals surface area (Å²) < 4.78 is 10.7. The predicted molar refractivity (Wildman–Crippen MR) is 75.6 cm³/mol. The summed E-state index contributed by atoms with van der Waals surface area (Å²) in [6.07, 6.45) is 3.11. The normalized spacial score (nSPS) is 10.8. The number of para-hydroxylation sites is 1. The standard InChI is InChI=1S/C16H15NO3/c18-16(15-8-4-10-19-15)17-9-3-6-13-11-12-5-1-2-7-14(12)20-13/h1-2,4-5,7-8,10-11H,3,6,9H2,(H,17,18). The highest BCUT2D eigenvalue weighted by molar-refractivity contribution is 5.91. The molecule has 0 saturated heterocycles. The van der Waals surface area contributed by atoms with Crippen LogP contribution in [0.1, 0.15) is 22.7 Å². The second-order valence-corrected chi connectivity index (χ2v) is 4.59. The second kappa shape index (κ2) is 5.65. The van der Waals surface area contributed by atoms with Crippen molar-refractivity contribution < 1.29 is 13.6 Å². The van der Waals surface area contributed by atoms with Crippen molar-refractivity contribution in [3.05, 3.63) is 60.2 Å². The van der Waals surface area contributed by atoms with E-state index in [1.807, 2.05) is 30.3 Å². The van der Waals surface area contributed by atoms with E-state index in [-0.39, 0.29) is 5.91 Å². The Balaban J connectivity index is 1.49. The first-order valence-electron chi connectivity index (χ1n) is 6.62. The Bertz CT molecular complexity index is 664. The molecule has 1 N–H and O–H groups in total. The quantitative estimate of drug-likeness (QED) is 0.722. The maximum atomic E-state index is 11.6. The molecule has 0 spiro atoms. The number of hydrogen-bond donors (Lipinski definition) is 1. The highest BCUT2D eigenvalue weighted by Gasteiger charge is 2.07. The number of aryl methyl sites for hydroxylation is 1. The summed E-state index contributed by atoms with van der Waals surface area (Å²) in [5, 5.41) is 3.93. The van der Waals surface area contributed by atoms with E-state index in [1.54, 1.807) is 12.1 Å². The number of nitrogens with one attached hydrogen (secondary N) is 1. The van der Waals surface area contributed by atoms with Gasteiger partial charge in [0.25, 0.3) is 5.91 Å². The average Bonchev–Trinajstić information content (AvgIpc) is 3.11. The second-order valence-electron chi connectivity index (χ2n) is 4.59. The molecule has 0 bridgehead atoms. The Hall–Kier alpha value is -2.49. The van der Waals surface area contributed by atoms with Gasteiger partial charge in [-0.15, -0.1) is 0 Å². The minimum Gasteiger partial charge on any atom is -0.461 e. The van der Waals surface area contributed by atoms with Gasteiger partial charge in [-0.1, -0.05) is 18.2 Å². The number of carbonyl (C=O) groups is 1. The fourth-order valence-electron chi connectivity index (χ4n) is 2.12. The van der Waals surface area contributed by atoms with Crippen molar-refractivity contribution in [2.45, 2.75) is 12.8 Å².